The molecule has 11 heteroatoms. The van der Waals surface area contributed by atoms with Gasteiger partial charge in [-0.3, -0.25) is 14.4 Å². The predicted octanol–water partition coefficient (Wildman–Crippen LogP) is 3.31. The first kappa shape index (κ1) is 31.1. The molecule has 0 spiro atoms. The zero-order chi connectivity index (χ0) is 31.6. The van der Waals surface area contributed by atoms with Crippen molar-refractivity contribution in [3.63, 3.8) is 0 Å². The third-order valence-electron chi connectivity index (χ3n) is 10.3. The summed E-state index contributed by atoms with van der Waals surface area (Å²) in [6, 6.07) is 6.11. The van der Waals surface area contributed by atoms with Gasteiger partial charge < -0.3 is 30.3 Å². The van der Waals surface area contributed by atoms with Gasteiger partial charge in [0, 0.05) is 31.3 Å². The highest BCUT2D eigenvalue weighted by molar-refractivity contribution is 5.96. The number of benzene rings is 1. The maximum atomic E-state index is 14.2. The molecule has 1 aromatic rings. The zero-order valence-electron chi connectivity index (χ0n) is 25.7. The number of amides is 4. The summed E-state index contributed by atoms with van der Waals surface area (Å²) in [6.07, 6.45) is 10.8. The van der Waals surface area contributed by atoms with E-state index in [1.807, 2.05) is 30.4 Å². The predicted molar refractivity (Wildman–Crippen MR) is 164 cm³/mol. The Bertz CT molecular complexity index is 1360. The maximum absolute atomic E-state index is 14.2. The molecule has 1 aromatic carbocycles. The molecule has 3 heterocycles. The molecule has 4 amide bonds. The molecule has 242 valence electrons. The molecule has 2 saturated carbocycles. The average Bonchev–Trinajstić information content (AvgIpc) is 3.35. The van der Waals surface area contributed by atoms with E-state index in [0.29, 0.717) is 25.9 Å². The Morgan fingerprint density at radius 2 is 1.76 bits per heavy atom. The number of rotatable bonds is 4. The van der Waals surface area contributed by atoms with E-state index in [0.717, 1.165) is 56.9 Å². The summed E-state index contributed by atoms with van der Waals surface area (Å²) in [5, 5.41) is 15.8. The van der Waals surface area contributed by atoms with Crippen LogP contribution in [0.1, 0.15) is 81.8 Å². The van der Waals surface area contributed by atoms with E-state index in [1.165, 1.54) is 10.5 Å². The zero-order valence-corrected chi connectivity index (χ0v) is 25.7. The second-order valence-electron chi connectivity index (χ2n) is 13.4. The lowest BCUT2D eigenvalue weighted by atomic mass is 10.0. The van der Waals surface area contributed by atoms with Crippen molar-refractivity contribution in [3.05, 3.63) is 47.5 Å². The molecule has 45 heavy (non-hydrogen) atoms. The lowest BCUT2D eigenvalue weighted by Gasteiger charge is -2.30. The standard InChI is InChI=1S/C34H44N4O7/c39-29(23-11-7-8-12-23)35-27-15-5-3-1-2-4-14-25-19-34(25,32(42)43)36-30(40)28-18-26(21-38(28)31(27)41)45-33(44)37-17-16-22-10-6-9-13-24(22)20-37/h4,6,9-10,13-14,23,25-28H,1-3,5,7-8,11-12,15-21H2,(H,35,39)(H,36,40)(H,42,43)/b14-4+/t25-,26-,27+,28+,34-/m1/s1. The van der Waals surface area contributed by atoms with E-state index in [9.17, 15) is 29.1 Å². The molecule has 0 aromatic heterocycles. The monoisotopic (exact) mass is 620 g/mol. The quantitative estimate of drug-likeness (QED) is 0.438. The number of fused-ring (bicyclic) bond motifs is 3. The number of aliphatic carboxylic acids is 1. The maximum Gasteiger partial charge on any atom is 0.410 e. The fourth-order valence-corrected chi connectivity index (χ4v) is 7.49. The van der Waals surface area contributed by atoms with Gasteiger partial charge in [0.25, 0.3) is 0 Å². The molecule has 0 unspecified atom stereocenters. The molecule has 1 saturated heterocycles. The van der Waals surface area contributed by atoms with Crippen molar-refractivity contribution in [2.75, 3.05) is 13.1 Å². The fourth-order valence-electron chi connectivity index (χ4n) is 7.49. The van der Waals surface area contributed by atoms with Gasteiger partial charge >= 0.3 is 12.1 Å². The number of carboxylic acids is 1. The Morgan fingerprint density at radius 3 is 2.53 bits per heavy atom. The summed E-state index contributed by atoms with van der Waals surface area (Å²) in [4.78, 5) is 69.8. The summed E-state index contributed by atoms with van der Waals surface area (Å²) in [6.45, 7) is 0.909. The number of nitrogens with zero attached hydrogens (tertiary/aromatic N) is 2. The Balaban J connectivity index is 1.22. The molecule has 0 radical (unpaired) electrons. The van der Waals surface area contributed by atoms with Crippen LogP contribution in [0.4, 0.5) is 4.79 Å². The number of carboxylic acid groups (broad SMARTS) is 1. The summed E-state index contributed by atoms with van der Waals surface area (Å²) in [5.74, 6) is -2.67. The van der Waals surface area contributed by atoms with Crippen LogP contribution in [-0.2, 0) is 36.9 Å². The van der Waals surface area contributed by atoms with Crippen molar-refractivity contribution >= 4 is 29.8 Å². The first-order valence-electron chi connectivity index (χ1n) is 16.6. The smallest absolute Gasteiger partial charge is 0.410 e. The molecule has 0 bridgehead atoms. The number of hydrogen-bond acceptors (Lipinski definition) is 6. The molecular formula is C34H44N4O7. The summed E-state index contributed by atoms with van der Waals surface area (Å²) >= 11 is 0. The van der Waals surface area contributed by atoms with E-state index in [1.54, 1.807) is 4.90 Å². The van der Waals surface area contributed by atoms with Crippen molar-refractivity contribution in [2.45, 2.75) is 107 Å². The van der Waals surface area contributed by atoms with Gasteiger partial charge in [-0.1, -0.05) is 62.1 Å². The SMILES string of the molecule is O=C(N[C@H]1CCCCC/C=C/[C@@H]2C[C@@]2(C(=O)O)NC(=O)[C@@H]2C[C@@H](OC(=O)N3CCc4ccccc4C3)CN2C1=O)C1CCCC1. The molecular weight excluding hydrogens is 576 g/mol. The first-order valence-corrected chi connectivity index (χ1v) is 16.6. The Labute approximate surface area is 263 Å². The van der Waals surface area contributed by atoms with Crippen molar-refractivity contribution in [1.82, 2.24) is 20.4 Å². The van der Waals surface area contributed by atoms with Crippen LogP contribution in [-0.4, -0.2) is 81.5 Å². The van der Waals surface area contributed by atoms with Crippen molar-refractivity contribution in [1.29, 1.82) is 0 Å². The molecule has 2 aliphatic carbocycles. The minimum Gasteiger partial charge on any atom is -0.479 e. The Hall–Kier alpha value is -3.89. The van der Waals surface area contributed by atoms with Gasteiger partial charge in [0.05, 0.1) is 6.54 Å². The molecule has 3 fully saturated rings. The number of carbonyl (C=O) groups is 5. The highest BCUT2D eigenvalue weighted by Crippen LogP contribution is 2.45. The van der Waals surface area contributed by atoms with Crippen LogP contribution in [0.2, 0.25) is 0 Å². The minimum atomic E-state index is -1.42. The van der Waals surface area contributed by atoms with Gasteiger partial charge in [-0.25, -0.2) is 9.59 Å². The Kier molecular flexibility index (Phi) is 9.14. The summed E-state index contributed by atoms with van der Waals surface area (Å²) in [7, 11) is 0. The van der Waals surface area contributed by atoms with Crippen LogP contribution in [0.5, 0.6) is 0 Å². The van der Waals surface area contributed by atoms with E-state index in [2.05, 4.69) is 16.7 Å². The molecule has 3 aliphatic heterocycles. The van der Waals surface area contributed by atoms with Crippen LogP contribution in [0, 0.1) is 11.8 Å². The molecule has 6 rings (SSSR count). The van der Waals surface area contributed by atoms with Crippen LogP contribution in [0.25, 0.3) is 0 Å². The number of ether oxygens (including phenoxy) is 1. The van der Waals surface area contributed by atoms with E-state index >= 15 is 0 Å². The average molecular weight is 621 g/mol. The van der Waals surface area contributed by atoms with E-state index in [-0.39, 0.29) is 37.1 Å². The summed E-state index contributed by atoms with van der Waals surface area (Å²) in [5.41, 5.74) is 0.832. The summed E-state index contributed by atoms with van der Waals surface area (Å²) < 4.78 is 5.91. The largest absolute Gasteiger partial charge is 0.479 e. The molecule has 11 nitrogen and oxygen atoms in total. The van der Waals surface area contributed by atoms with Crippen molar-refractivity contribution in [3.8, 4) is 0 Å². The number of allylic oxidation sites excluding steroid dienone is 1. The second-order valence-corrected chi connectivity index (χ2v) is 13.4. The first-order chi connectivity index (χ1) is 21.7. The van der Waals surface area contributed by atoms with Crippen LogP contribution >= 0.6 is 0 Å². The number of hydrogen-bond donors (Lipinski definition) is 3. The highest BCUT2D eigenvalue weighted by atomic mass is 16.6. The van der Waals surface area contributed by atoms with Gasteiger partial charge in [-0.15, -0.1) is 0 Å². The normalized spacial score (nSPS) is 31.4. The molecule has 5 aliphatic rings. The third kappa shape index (κ3) is 6.72. The van der Waals surface area contributed by atoms with E-state index in [4.69, 9.17) is 4.74 Å². The van der Waals surface area contributed by atoms with Gasteiger partial charge in [0.2, 0.25) is 17.7 Å². The van der Waals surface area contributed by atoms with Gasteiger partial charge in [0.1, 0.15) is 23.7 Å². The van der Waals surface area contributed by atoms with Crippen LogP contribution < -0.4 is 10.6 Å². The van der Waals surface area contributed by atoms with Gasteiger partial charge in [0.15, 0.2) is 0 Å². The molecule has 3 N–H and O–H groups in total. The Morgan fingerprint density at radius 1 is 1.00 bits per heavy atom. The van der Waals surface area contributed by atoms with Crippen molar-refractivity contribution < 1.29 is 33.8 Å². The highest BCUT2D eigenvalue weighted by Gasteiger charge is 2.61. The third-order valence-corrected chi connectivity index (χ3v) is 10.3. The lowest BCUT2D eigenvalue weighted by molar-refractivity contribution is -0.146. The minimum absolute atomic E-state index is 0.00765. The number of carbonyl (C=O) groups excluding carboxylic acids is 4. The lowest BCUT2D eigenvalue weighted by Crippen LogP contribution is -2.56. The second kappa shape index (κ2) is 13.2. The van der Waals surface area contributed by atoms with Gasteiger partial charge in [-0.2, -0.15) is 0 Å². The topological polar surface area (TPSA) is 145 Å². The van der Waals surface area contributed by atoms with Crippen LogP contribution in [0.15, 0.2) is 36.4 Å². The number of nitrogens with one attached hydrogen (secondary N) is 2. The van der Waals surface area contributed by atoms with Crippen LogP contribution in [0.3, 0.4) is 0 Å². The van der Waals surface area contributed by atoms with Gasteiger partial charge in [-0.05, 0) is 56.1 Å². The molecule has 5 atom stereocenters. The van der Waals surface area contributed by atoms with Crippen molar-refractivity contribution in [2.24, 2.45) is 11.8 Å². The fraction of sp³-hybridized carbons (Fsp3) is 0.618. The van der Waals surface area contributed by atoms with E-state index < -0.39 is 47.6 Å².